The summed E-state index contributed by atoms with van der Waals surface area (Å²) in [7, 11) is 1.84. The van der Waals surface area contributed by atoms with Crippen molar-refractivity contribution in [2.45, 2.75) is 6.42 Å². The van der Waals surface area contributed by atoms with E-state index in [-0.39, 0.29) is 17.7 Å². The van der Waals surface area contributed by atoms with Crippen LogP contribution in [0.5, 0.6) is 0 Å². The van der Waals surface area contributed by atoms with E-state index in [2.05, 4.69) is 9.97 Å². The summed E-state index contributed by atoms with van der Waals surface area (Å²) in [6.45, 7) is 1.97. The fourth-order valence-electron chi connectivity index (χ4n) is 3.64. The van der Waals surface area contributed by atoms with Gasteiger partial charge in [-0.15, -0.1) is 0 Å². The standard InChI is InChI=1S/C17H18N4O2/c1-20-7-4-12-9-21(10-13(12)17(20)23)16(22)11-2-3-14-15(8-11)19-6-5-18-14/h2-3,5-6,8,12-13H,4,7,9-10H2,1H3/t12-,13+/m1/s1. The molecule has 4 rings (SSSR count). The molecule has 0 spiro atoms. The molecule has 0 bridgehead atoms. The number of likely N-dealkylation sites (tertiary alicyclic amines) is 2. The number of hydrogen-bond acceptors (Lipinski definition) is 4. The van der Waals surface area contributed by atoms with Crippen molar-refractivity contribution in [3.63, 3.8) is 0 Å². The second-order valence-corrected chi connectivity index (χ2v) is 6.39. The number of nitrogens with zero attached hydrogens (tertiary/aromatic N) is 4. The van der Waals surface area contributed by atoms with E-state index in [1.54, 1.807) is 29.4 Å². The molecule has 0 radical (unpaired) electrons. The number of benzene rings is 1. The molecule has 2 aliphatic heterocycles. The van der Waals surface area contributed by atoms with Crippen molar-refractivity contribution in [3.8, 4) is 0 Å². The first-order valence-electron chi connectivity index (χ1n) is 7.88. The highest BCUT2D eigenvalue weighted by molar-refractivity contribution is 5.98. The second-order valence-electron chi connectivity index (χ2n) is 6.39. The summed E-state index contributed by atoms with van der Waals surface area (Å²) in [6.07, 6.45) is 4.23. The molecule has 0 saturated carbocycles. The third kappa shape index (κ3) is 2.34. The third-order valence-corrected chi connectivity index (χ3v) is 4.97. The van der Waals surface area contributed by atoms with Crippen LogP contribution in [0.4, 0.5) is 0 Å². The van der Waals surface area contributed by atoms with Gasteiger partial charge in [0.25, 0.3) is 5.91 Å². The van der Waals surface area contributed by atoms with Crippen molar-refractivity contribution in [3.05, 3.63) is 36.2 Å². The van der Waals surface area contributed by atoms with Gasteiger partial charge in [0.2, 0.25) is 5.91 Å². The van der Waals surface area contributed by atoms with Gasteiger partial charge in [-0.3, -0.25) is 19.6 Å². The van der Waals surface area contributed by atoms with Crippen molar-refractivity contribution in [2.75, 3.05) is 26.7 Å². The first kappa shape index (κ1) is 14.1. The average molecular weight is 310 g/mol. The van der Waals surface area contributed by atoms with Crippen molar-refractivity contribution in [2.24, 2.45) is 11.8 Å². The molecule has 2 atom stereocenters. The van der Waals surface area contributed by atoms with Crippen LogP contribution in [-0.4, -0.2) is 58.3 Å². The number of hydrogen-bond donors (Lipinski definition) is 0. The first-order chi connectivity index (χ1) is 11.1. The summed E-state index contributed by atoms with van der Waals surface area (Å²) in [5.74, 6) is 0.393. The molecule has 0 aliphatic carbocycles. The van der Waals surface area contributed by atoms with Crippen molar-refractivity contribution in [1.82, 2.24) is 19.8 Å². The molecule has 2 aliphatic rings. The van der Waals surface area contributed by atoms with E-state index in [4.69, 9.17) is 0 Å². The van der Waals surface area contributed by atoms with Crippen LogP contribution in [0.15, 0.2) is 30.6 Å². The van der Waals surface area contributed by atoms with Crippen molar-refractivity contribution < 1.29 is 9.59 Å². The lowest BCUT2D eigenvalue weighted by Gasteiger charge is -2.30. The lowest BCUT2D eigenvalue weighted by Crippen LogP contribution is -2.42. The van der Waals surface area contributed by atoms with Gasteiger partial charge in [0.05, 0.1) is 17.0 Å². The highest BCUT2D eigenvalue weighted by Gasteiger charge is 2.43. The topological polar surface area (TPSA) is 66.4 Å². The van der Waals surface area contributed by atoms with E-state index in [0.717, 1.165) is 18.5 Å². The molecule has 6 nitrogen and oxygen atoms in total. The SMILES string of the molecule is CN1CC[C@@H]2CN(C(=O)c3ccc4nccnc4c3)C[C@@H]2C1=O. The van der Waals surface area contributed by atoms with E-state index >= 15 is 0 Å². The average Bonchev–Trinajstić information content (AvgIpc) is 3.02. The number of carbonyl (C=O) groups excluding carboxylic acids is 2. The van der Waals surface area contributed by atoms with Crippen molar-refractivity contribution >= 4 is 22.8 Å². The molecule has 2 aromatic rings. The Morgan fingerprint density at radius 3 is 2.78 bits per heavy atom. The summed E-state index contributed by atoms with van der Waals surface area (Å²) in [4.78, 5) is 37.1. The van der Waals surface area contributed by atoms with Crippen LogP contribution in [0, 0.1) is 11.8 Å². The molecule has 6 heteroatoms. The van der Waals surface area contributed by atoms with Gasteiger partial charge < -0.3 is 9.80 Å². The van der Waals surface area contributed by atoms with E-state index in [1.165, 1.54) is 0 Å². The van der Waals surface area contributed by atoms with Crippen LogP contribution in [0.1, 0.15) is 16.8 Å². The fraction of sp³-hybridized carbons (Fsp3) is 0.412. The Morgan fingerprint density at radius 2 is 1.96 bits per heavy atom. The summed E-state index contributed by atoms with van der Waals surface area (Å²) in [5.41, 5.74) is 2.10. The van der Waals surface area contributed by atoms with Gasteiger partial charge in [-0.1, -0.05) is 0 Å². The highest BCUT2D eigenvalue weighted by atomic mass is 16.2. The Kier molecular flexibility index (Phi) is 3.25. The molecule has 2 amide bonds. The van der Waals surface area contributed by atoms with E-state index in [9.17, 15) is 9.59 Å². The zero-order valence-electron chi connectivity index (χ0n) is 13.0. The Morgan fingerprint density at radius 1 is 1.17 bits per heavy atom. The zero-order chi connectivity index (χ0) is 16.0. The fourth-order valence-corrected chi connectivity index (χ4v) is 3.64. The minimum atomic E-state index is -0.0436. The minimum absolute atomic E-state index is 0.0255. The highest BCUT2D eigenvalue weighted by Crippen LogP contribution is 2.32. The van der Waals surface area contributed by atoms with Gasteiger partial charge in [-0.05, 0) is 30.5 Å². The maximum absolute atomic E-state index is 12.8. The van der Waals surface area contributed by atoms with Gasteiger partial charge in [-0.25, -0.2) is 0 Å². The molecule has 23 heavy (non-hydrogen) atoms. The number of aromatic nitrogens is 2. The summed E-state index contributed by atoms with van der Waals surface area (Å²) in [5, 5.41) is 0. The molecule has 3 heterocycles. The van der Waals surface area contributed by atoms with E-state index in [0.29, 0.717) is 30.1 Å². The molecule has 0 N–H and O–H groups in total. The molecular weight excluding hydrogens is 292 g/mol. The molecule has 1 aromatic carbocycles. The lowest BCUT2D eigenvalue weighted by molar-refractivity contribution is -0.137. The normalized spacial score (nSPS) is 24.1. The quantitative estimate of drug-likeness (QED) is 0.793. The number of amides is 2. The molecule has 0 unspecified atom stereocenters. The molecule has 1 aromatic heterocycles. The summed E-state index contributed by atoms with van der Waals surface area (Å²) < 4.78 is 0. The first-order valence-corrected chi connectivity index (χ1v) is 7.88. The Balaban J connectivity index is 1.58. The monoisotopic (exact) mass is 310 g/mol. The number of carbonyl (C=O) groups is 2. The van der Waals surface area contributed by atoms with Gasteiger partial charge in [0, 0.05) is 44.6 Å². The second kappa shape index (κ2) is 5.30. The van der Waals surface area contributed by atoms with Gasteiger partial charge >= 0.3 is 0 Å². The van der Waals surface area contributed by atoms with Gasteiger partial charge in [0.1, 0.15) is 0 Å². The number of fused-ring (bicyclic) bond motifs is 2. The van der Waals surface area contributed by atoms with Gasteiger partial charge in [0.15, 0.2) is 0 Å². The Hall–Kier alpha value is -2.50. The largest absolute Gasteiger partial charge is 0.345 e. The van der Waals surface area contributed by atoms with Crippen LogP contribution >= 0.6 is 0 Å². The van der Waals surface area contributed by atoms with Crippen LogP contribution < -0.4 is 0 Å². The van der Waals surface area contributed by atoms with Crippen LogP contribution in [-0.2, 0) is 4.79 Å². The number of rotatable bonds is 1. The summed E-state index contributed by atoms with van der Waals surface area (Å²) in [6, 6.07) is 5.38. The minimum Gasteiger partial charge on any atom is -0.345 e. The molecule has 2 fully saturated rings. The smallest absolute Gasteiger partial charge is 0.253 e. The van der Waals surface area contributed by atoms with E-state index in [1.807, 2.05) is 18.0 Å². The number of piperidine rings is 1. The Labute approximate surface area is 134 Å². The molecular formula is C17H18N4O2. The molecule has 118 valence electrons. The zero-order valence-corrected chi connectivity index (χ0v) is 13.0. The Bertz CT molecular complexity index is 791. The third-order valence-electron chi connectivity index (χ3n) is 4.97. The maximum Gasteiger partial charge on any atom is 0.253 e. The lowest BCUT2D eigenvalue weighted by atomic mass is 9.88. The predicted octanol–water partition coefficient (Wildman–Crippen LogP) is 1.18. The van der Waals surface area contributed by atoms with Crippen LogP contribution in [0.3, 0.4) is 0 Å². The molecule has 2 saturated heterocycles. The van der Waals surface area contributed by atoms with Crippen LogP contribution in [0.25, 0.3) is 11.0 Å². The maximum atomic E-state index is 12.8. The summed E-state index contributed by atoms with van der Waals surface area (Å²) >= 11 is 0. The predicted molar refractivity (Wildman–Crippen MR) is 84.7 cm³/mol. The van der Waals surface area contributed by atoms with E-state index < -0.39 is 0 Å². The van der Waals surface area contributed by atoms with Crippen molar-refractivity contribution in [1.29, 1.82) is 0 Å². The van der Waals surface area contributed by atoms with Crippen LogP contribution in [0.2, 0.25) is 0 Å². The van der Waals surface area contributed by atoms with Gasteiger partial charge in [-0.2, -0.15) is 0 Å².